The number of amides is 1. The molecule has 3 aromatic heterocycles. The van der Waals surface area contributed by atoms with Gasteiger partial charge in [-0.15, -0.1) is 0 Å². The van der Waals surface area contributed by atoms with E-state index >= 15 is 0 Å². The third kappa shape index (κ3) is 4.90. The highest BCUT2D eigenvalue weighted by atomic mass is 35.5. The number of rotatable bonds is 6. The molecule has 1 saturated heterocycles. The van der Waals surface area contributed by atoms with Crippen molar-refractivity contribution in [3.8, 4) is 0 Å². The summed E-state index contributed by atoms with van der Waals surface area (Å²) < 4.78 is 0. The van der Waals surface area contributed by atoms with E-state index in [0.29, 0.717) is 28.3 Å². The molecule has 4 heterocycles. The van der Waals surface area contributed by atoms with Gasteiger partial charge in [0, 0.05) is 48.9 Å². The Labute approximate surface area is 196 Å². The molecule has 4 aromatic rings. The first-order valence-electron chi connectivity index (χ1n) is 11.0. The first kappa shape index (κ1) is 21.2. The smallest absolute Gasteiger partial charge is 0.261 e. The van der Waals surface area contributed by atoms with Gasteiger partial charge in [0.2, 0.25) is 5.95 Å². The number of nitrogens with zero attached hydrogens (tertiary/aromatic N) is 4. The monoisotopic (exact) mass is 461 g/mol. The van der Waals surface area contributed by atoms with E-state index < -0.39 is 0 Å². The molecular weight excluding hydrogens is 438 g/mol. The predicted molar refractivity (Wildman–Crippen MR) is 131 cm³/mol. The van der Waals surface area contributed by atoms with E-state index in [1.54, 1.807) is 36.5 Å². The van der Waals surface area contributed by atoms with Gasteiger partial charge in [-0.3, -0.25) is 15.1 Å². The van der Waals surface area contributed by atoms with Crippen molar-refractivity contribution in [2.24, 2.45) is 5.92 Å². The van der Waals surface area contributed by atoms with Crippen LogP contribution in [0.1, 0.15) is 23.2 Å². The number of benzene rings is 1. The Morgan fingerprint density at radius 2 is 1.94 bits per heavy atom. The molecule has 0 saturated carbocycles. The molecule has 3 N–H and O–H groups in total. The molecule has 0 radical (unpaired) electrons. The maximum atomic E-state index is 12.9. The number of anilines is 3. The molecule has 5 rings (SSSR count). The Morgan fingerprint density at radius 3 is 2.76 bits per heavy atom. The Bertz CT molecular complexity index is 1250. The molecule has 33 heavy (non-hydrogen) atoms. The number of hydrogen-bond acceptors (Lipinski definition) is 6. The highest BCUT2D eigenvalue weighted by Crippen LogP contribution is 2.24. The Morgan fingerprint density at radius 1 is 1.12 bits per heavy atom. The van der Waals surface area contributed by atoms with Gasteiger partial charge in [0.15, 0.2) is 0 Å². The minimum absolute atomic E-state index is 0.275. The lowest BCUT2D eigenvalue weighted by atomic mass is 9.96. The lowest BCUT2D eigenvalue weighted by Gasteiger charge is -2.33. The van der Waals surface area contributed by atoms with Gasteiger partial charge >= 0.3 is 0 Å². The Balaban J connectivity index is 1.20. The minimum atomic E-state index is -0.275. The molecule has 0 bridgehead atoms. The summed E-state index contributed by atoms with van der Waals surface area (Å²) in [4.78, 5) is 31.3. The van der Waals surface area contributed by atoms with E-state index in [1.165, 1.54) is 5.69 Å². The molecular formula is C24H24ClN7O. The molecule has 8 nitrogen and oxygen atoms in total. The van der Waals surface area contributed by atoms with E-state index in [2.05, 4.69) is 35.5 Å². The normalized spacial score (nSPS) is 14.4. The van der Waals surface area contributed by atoms with E-state index in [0.717, 1.165) is 43.5 Å². The van der Waals surface area contributed by atoms with Gasteiger partial charge < -0.3 is 15.2 Å². The minimum Gasteiger partial charge on any atom is -0.371 e. The van der Waals surface area contributed by atoms with Crippen LogP contribution >= 0.6 is 11.6 Å². The zero-order chi connectivity index (χ0) is 22.6. The average molecular weight is 462 g/mol. The molecule has 0 unspecified atom stereocenters. The SMILES string of the molecule is O=C(Nc1nc2ccc(Cl)cc2[nH]1)c1cccnc1NCC1CCN(c2ccncc2)CC1. The highest BCUT2D eigenvalue weighted by molar-refractivity contribution is 6.31. The number of H-pyrrole nitrogens is 1. The first-order valence-corrected chi connectivity index (χ1v) is 11.3. The summed E-state index contributed by atoms with van der Waals surface area (Å²) in [5, 5.41) is 6.82. The number of aromatic nitrogens is 4. The number of halogens is 1. The van der Waals surface area contributed by atoms with Crippen molar-refractivity contribution in [1.29, 1.82) is 0 Å². The van der Waals surface area contributed by atoms with Crippen LogP contribution in [-0.2, 0) is 0 Å². The van der Waals surface area contributed by atoms with E-state index in [9.17, 15) is 4.79 Å². The number of carbonyl (C=O) groups excluding carboxylic acids is 1. The number of nitrogens with one attached hydrogen (secondary N) is 3. The molecule has 0 spiro atoms. The lowest BCUT2D eigenvalue weighted by Crippen LogP contribution is -2.36. The van der Waals surface area contributed by atoms with Crippen molar-refractivity contribution in [3.05, 3.63) is 71.6 Å². The Kier molecular flexibility index (Phi) is 6.08. The fraction of sp³-hybridized carbons (Fsp3) is 0.250. The maximum Gasteiger partial charge on any atom is 0.261 e. The van der Waals surface area contributed by atoms with Crippen molar-refractivity contribution in [2.75, 3.05) is 35.2 Å². The number of fused-ring (bicyclic) bond motifs is 1. The van der Waals surface area contributed by atoms with Crippen LogP contribution in [0.15, 0.2) is 61.1 Å². The summed E-state index contributed by atoms with van der Waals surface area (Å²) in [5.74, 6) is 1.19. The van der Waals surface area contributed by atoms with Crippen molar-refractivity contribution in [2.45, 2.75) is 12.8 Å². The predicted octanol–water partition coefficient (Wildman–Crippen LogP) is 4.59. The van der Waals surface area contributed by atoms with Crippen molar-refractivity contribution in [1.82, 2.24) is 19.9 Å². The third-order valence-electron chi connectivity index (χ3n) is 5.93. The number of pyridine rings is 2. The molecule has 1 amide bonds. The number of hydrogen-bond donors (Lipinski definition) is 3. The van der Waals surface area contributed by atoms with Crippen LogP contribution in [-0.4, -0.2) is 45.5 Å². The quantitative estimate of drug-likeness (QED) is 0.388. The topological polar surface area (TPSA) is 98.8 Å². The Hall–Kier alpha value is -3.65. The lowest BCUT2D eigenvalue weighted by molar-refractivity contribution is 0.102. The van der Waals surface area contributed by atoms with Gasteiger partial charge in [0.05, 0.1) is 16.6 Å². The number of carbonyl (C=O) groups is 1. The van der Waals surface area contributed by atoms with Gasteiger partial charge in [-0.1, -0.05) is 11.6 Å². The molecule has 1 aliphatic rings. The van der Waals surface area contributed by atoms with Crippen LogP contribution in [0.3, 0.4) is 0 Å². The standard InChI is InChI=1S/C24H24ClN7O/c25-17-3-4-20-21(14-17)30-24(29-20)31-23(33)19-2-1-9-27-22(19)28-15-16-7-12-32(13-8-16)18-5-10-26-11-6-18/h1-6,9-11,14,16H,7-8,12-13,15H2,(H,27,28)(H2,29,30,31,33). The van der Waals surface area contributed by atoms with E-state index in [-0.39, 0.29) is 5.91 Å². The van der Waals surface area contributed by atoms with Crippen LogP contribution in [0.25, 0.3) is 11.0 Å². The largest absolute Gasteiger partial charge is 0.371 e. The average Bonchev–Trinajstić information content (AvgIpc) is 3.25. The molecule has 0 atom stereocenters. The zero-order valence-electron chi connectivity index (χ0n) is 18.0. The second kappa shape index (κ2) is 9.46. The van der Waals surface area contributed by atoms with Gasteiger partial charge in [0.25, 0.3) is 5.91 Å². The van der Waals surface area contributed by atoms with Crippen LogP contribution in [0, 0.1) is 5.92 Å². The molecule has 1 aliphatic heterocycles. The molecule has 1 aromatic carbocycles. The highest BCUT2D eigenvalue weighted by Gasteiger charge is 2.21. The van der Waals surface area contributed by atoms with Crippen LogP contribution < -0.4 is 15.5 Å². The summed E-state index contributed by atoms with van der Waals surface area (Å²) in [6, 6.07) is 13.0. The number of aromatic amines is 1. The van der Waals surface area contributed by atoms with Gasteiger partial charge in [0.1, 0.15) is 5.82 Å². The summed E-state index contributed by atoms with van der Waals surface area (Å²) in [6.45, 7) is 2.77. The zero-order valence-corrected chi connectivity index (χ0v) is 18.7. The molecule has 0 aliphatic carbocycles. The maximum absolute atomic E-state index is 12.9. The first-order chi connectivity index (χ1) is 16.2. The van der Waals surface area contributed by atoms with E-state index in [1.807, 2.05) is 24.5 Å². The fourth-order valence-electron chi connectivity index (χ4n) is 4.14. The van der Waals surface area contributed by atoms with Crippen LogP contribution in [0.5, 0.6) is 0 Å². The van der Waals surface area contributed by atoms with Gasteiger partial charge in [-0.05, 0) is 61.2 Å². The summed E-state index contributed by atoms with van der Waals surface area (Å²) in [7, 11) is 0. The second-order valence-electron chi connectivity index (χ2n) is 8.12. The van der Waals surface area contributed by atoms with Gasteiger partial charge in [-0.2, -0.15) is 0 Å². The van der Waals surface area contributed by atoms with Crippen molar-refractivity contribution < 1.29 is 4.79 Å². The summed E-state index contributed by atoms with van der Waals surface area (Å²) in [5.41, 5.74) is 3.19. The fourth-order valence-corrected chi connectivity index (χ4v) is 4.31. The summed E-state index contributed by atoms with van der Waals surface area (Å²) in [6.07, 6.45) is 7.50. The number of imidazole rings is 1. The second-order valence-corrected chi connectivity index (χ2v) is 8.55. The van der Waals surface area contributed by atoms with Crippen molar-refractivity contribution in [3.63, 3.8) is 0 Å². The van der Waals surface area contributed by atoms with Gasteiger partial charge in [-0.25, -0.2) is 9.97 Å². The van der Waals surface area contributed by atoms with E-state index in [4.69, 9.17) is 11.6 Å². The van der Waals surface area contributed by atoms with Crippen LogP contribution in [0.2, 0.25) is 5.02 Å². The molecule has 9 heteroatoms. The molecule has 168 valence electrons. The van der Waals surface area contributed by atoms with Crippen molar-refractivity contribution >= 4 is 46.0 Å². The summed E-state index contributed by atoms with van der Waals surface area (Å²) >= 11 is 6.03. The van der Waals surface area contributed by atoms with Crippen LogP contribution in [0.4, 0.5) is 17.5 Å². The number of piperidine rings is 1. The third-order valence-corrected chi connectivity index (χ3v) is 6.16. The molecule has 1 fully saturated rings.